The Kier molecular flexibility index (Phi) is 5.69. The lowest BCUT2D eigenvalue weighted by molar-refractivity contribution is -0.122. The number of benzene rings is 1. The van der Waals surface area contributed by atoms with Gasteiger partial charge in [-0.05, 0) is 23.6 Å². The van der Waals surface area contributed by atoms with E-state index in [1.165, 1.54) is 23.2 Å². The number of amides is 1. The molecular formula is C19H22ClN5O3. The van der Waals surface area contributed by atoms with E-state index in [2.05, 4.69) is 10.3 Å². The minimum Gasteiger partial charge on any atom is -0.348 e. The molecule has 1 unspecified atom stereocenters. The summed E-state index contributed by atoms with van der Waals surface area (Å²) in [5.74, 6) is -0.292. The maximum atomic E-state index is 12.7. The number of nitrogens with zero attached hydrogens (tertiary/aromatic N) is 4. The lowest BCUT2D eigenvalue weighted by atomic mass is 10.0. The normalized spacial score (nSPS) is 12.3. The van der Waals surface area contributed by atoms with Gasteiger partial charge in [0, 0.05) is 14.1 Å². The van der Waals surface area contributed by atoms with Crippen molar-refractivity contribution >= 4 is 28.7 Å². The predicted molar refractivity (Wildman–Crippen MR) is 107 cm³/mol. The van der Waals surface area contributed by atoms with Gasteiger partial charge in [0.15, 0.2) is 11.2 Å². The first-order valence-corrected chi connectivity index (χ1v) is 9.39. The van der Waals surface area contributed by atoms with Gasteiger partial charge in [-0.3, -0.25) is 23.3 Å². The van der Waals surface area contributed by atoms with E-state index >= 15 is 0 Å². The van der Waals surface area contributed by atoms with Crippen molar-refractivity contribution in [1.82, 2.24) is 24.0 Å². The molecule has 0 fully saturated rings. The van der Waals surface area contributed by atoms with Crippen LogP contribution in [0.2, 0.25) is 5.28 Å². The highest BCUT2D eigenvalue weighted by atomic mass is 35.5. The number of nitrogens with one attached hydrogen (secondary N) is 1. The van der Waals surface area contributed by atoms with Crippen molar-refractivity contribution in [3.8, 4) is 0 Å². The molecule has 0 aliphatic rings. The molecule has 3 rings (SSSR count). The third kappa shape index (κ3) is 3.60. The second kappa shape index (κ2) is 8.02. The lowest BCUT2D eigenvalue weighted by Gasteiger charge is -2.19. The number of carbonyl (C=O) groups is 1. The summed E-state index contributed by atoms with van der Waals surface area (Å²) in [7, 11) is 2.88. The van der Waals surface area contributed by atoms with Crippen molar-refractivity contribution in [3.05, 3.63) is 62.0 Å². The number of aryl methyl sites for hydroxylation is 1. The zero-order chi connectivity index (χ0) is 20.4. The van der Waals surface area contributed by atoms with Crippen LogP contribution in [-0.4, -0.2) is 24.6 Å². The molecule has 0 bridgehead atoms. The van der Waals surface area contributed by atoms with Crippen LogP contribution >= 0.6 is 11.6 Å². The Bertz CT molecular complexity index is 1130. The summed E-state index contributed by atoms with van der Waals surface area (Å²) in [4.78, 5) is 41.5. The minimum atomic E-state index is -0.543. The smallest absolute Gasteiger partial charge is 0.332 e. The summed E-state index contributed by atoms with van der Waals surface area (Å²) >= 11 is 6.18. The fraction of sp³-hybridized carbons (Fsp3) is 0.368. The molecule has 0 saturated heterocycles. The van der Waals surface area contributed by atoms with Crippen LogP contribution < -0.4 is 16.6 Å². The summed E-state index contributed by atoms with van der Waals surface area (Å²) in [6, 6.07) is 9.56. The number of hydrogen-bond donors (Lipinski definition) is 1. The van der Waals surface area contributed by atoms with Gasteiger partial charge in [-0.2, -0.15) is 4.98 Å². The van der Waals surface area contributed by atoms with Gasteiger partial charge in [0.1, 0.15) is 6.54 Å². The quantitative estimate of drug-likeness (QED) is 0.635. The van der Waals surface area contributed by atoms with Crippen molar-refractivity contribution in [2.24, 2.45) is 14.1 Å². The van der Waals surface area contributed by atoms with E-state index in [1.807, 2.05) is 37.3 Å². The molecule has 1 amide bonds. The molecule has 1 N–H and O–H groups in total. The van der Waals surface area contributed by atoms with Gasteiger partial charge in [-0.1, -0.05) is 43.7 Å². The number of carbonyl (C=O) groups excluding carboxylic acids is 1. The summed E-state index contributed by atoms with van der Waals surface area (Å²) < 4.78 is 3.54. The Balaban J connectivity index is 1.94. The first-order valence-electron chi connectivity index (χ1n) is 9.01. The molecule has 3 aromatic rings. The fourth-order valence-electron chi connectivity index (χ4n) is 3.24. The number of rotatable bonds is 6. The van der Waals surface area contributed by atoms with E-state index in [0.717, 1.165) is 23.0 Å². The highest BCUT2D eigenvalue weighted by Crippen LogP contribution is 2.19. The Morgan fingerprint density at radius 2 is 1.86 bits per heavy atom. The number of halogens is 1. The van der Waals surface area contributed by atoms with Gasteiger partial charge in [0.25, 0.3) is 5.56 Å². The third-order valence-electron chi connectivity index (χ3n) is 4.72. The molecule has 0 saturated carbocycles. The molecule has 0 spiro atoms. The standard InChI is InChI=1S/C19H22ClN5O3/c1-4-8-13(12-9-6-5-7-10-12)21-14(26)11-25-15-16(22-18(25)20)23(2)19(28)24(3)17(15)27/h5-7,9-10,13H,4,8,11H2,1-3H3,(H,21,26). The SMILES string of the molecule is CCCC(NC(=O)Cn1c(Cl)nc2c1c(=O)n(C)c(=O)n2C)c1ccccc1. The Morgan fingerprint density at radius 3 is 2.50 bits per heavy atom. The van der Waals surface area contributed by atoms with Gasteiger partial charge in [0.05, 0.1) is 6.04 Å². The Morgan fingerprint density at radius 1 is 1.18 bits per heavy atom. The average molecular weight is 404 g/mol. The highest BCUT2D eigenvalue weighted by Gasteiger charge is 2.21. The minimum absolute atomic E-state index is 0.0183. The summed E-state index contributed by atoms with van der Waals surface area (Å²) in [5.41, 5.74) is 0.238. The van der Waals surface area contributed by atoms with Gasteiger partial charge >= 0.3 is 5.69 Å². The van der Waals surface area contributed by atoms with Gasteiger partial charge in [0.2, 0.25) is 11.2 Å². The highest BCUT2D eigenvalue weighted by molar-refractivity contribution is 6.29. The Labute approximate surface area is 166 Å². The lowest BCUT2D eigenvalue weighted by Crippen LogP contribution is -2.38. The van der Waals surface area contributed by atoms with Crippen molar-refractivity contribution in [1.29, 1.82) is 0 Å². The van der Waals surface area contributed by atoms with Crippen molar-refractivity contribution < 1.29 is 4.79 Å². The molecule has 8 nitrogen and oxygen atoms in total. The van der Waals surface area contributed by atoms with E-state index in [1.54, 1.807) is 0 Å². The summed E-state index contributed by atoms with van der Waals surface area (Å²) in [6.07, 6.45) is 1.68. The molecule has 0 radical (unpaired) electrons. The first-order chi connectivity index (χ1) is 13.3. The molecule has 1 aromatic carbocycles. The zero-order valence-corrected chi connectivity index (χ0v) is 16.7. The summed E-state index contributed by atoms with van der Waals surface area (Å²) in [5, 5.41) is 2.98. The van der Waals surface area contributed by atoms with E-state index < -0.39 is 11.2 Å². The van der Waals surface area contributed by atoms with E-state index in [-0.39, 0.29) is 34.9 Å². The number of aromatic nitrogens is 4. The number of imidazole rings is 1. The second-order valence-corrected chi connectivity index (χ2v) is 7.00. The average Bonchev–Trinajstić information content (AvgIpc) is 3.01. The fourth-order valence-corrected chi connectivity index (χ4v) is 3.47. The predicted octanol–water partition coefficient (Wildman–Crippen LogP) is 1.74. The molecule has 0 aliphatic heterocycles. The van der Waals surface area contributed by atoms with Crippen LogP contribution in [0.25, 0.3) is 11.2 Å². The van der Waals surface area contributed by atoms with Crippen LogP contribution in [0.1, 0.15) is 31.4 Å². The zero-order valence-electron chi connectivity index (χ0n) is 16.0. The van der Waals surface area contributed by atoms with Crippen molar-refractivity contribution in [3.63, 3.8) is 0 Å². The molecule has 9 heteroatoms. The number of fused-ring (bicyclic) bond motifs is 1. The van der Waals surface area contributed by atoms with Crippen LogP contribution in [0.5, 0.6) is 0 Å². The topological polar surface area (TPSA) is 90.9 Å². The van der Waals surface area contributed by atoms with E-state index in [9.17, 15) is 14.4 Å². The van der Waals surface area contributed by atoms with Crippen LogP contribution in [0, 0.1) is 0 Å². The van der Waals surface area contributed by atoms with E-state index in [0.29, 0.717) is 0 Å². The largest absolute Gasteiger partial charge is 0.348 e. The molecular weight excluding hydrogens is 382 g/mol. The molecule has 1 atom stereocenters. The molecule has 2 aromatic heterocycles. The number of hydrogen-bond acceptors (Lipinski definition) is 4. The maximum Gasteiger partial charge on any atom is 0.332 e. The van der Waals surface area contributed by atoms with Crippen molar-refractivity contribution in [2.45, 2.75) is 32.4 Å². The Hall–Kier alpha value is -2.87. The van der Waals surface area contributed by atoms with Gasteiger partial charge < -0.3 is 5.32 Å². The van der Waals surface area contributed by atoms with E-state index in [4.69, 9.17) is 11.6 Å². The van der Waals surface area contributed by atoms with Gasteiger partial charge in [-0.15, -0.1) is 0 Å². The van der Waals surface area contributed by atoms with Crippen LogP contribution in [0.15, 0.2) is 39.9 Å². The van der Waals surface area contributed by atoms with Crippen LogP contribution in [-0.2, 0) is 25.4 Å². The maximum absolute atomic E-state index is 12.7. The van der Waals surface area contributed by atoms with Gasteiger partial charge in [-0.25, -0.2) is 4.79 Å². The molecule has 28 heavy (non-hydrogen) atoms. The van der Waals surface area contributed by atoms with Crippen molar-refractivity contribution in [2.75, 3.05) is 0 Å². The van der Waals surface area contributed by atoms with Crippen LogP contribution in [0.4, 0.5) is 0 Å². The second-order valence-electron chi connectivity index (χ2n) is 6.66. The molecule has 148 valence electrons. The summed E-state index contributed by atoms with van der Waals surface area (Å²) in [6.45, 7) is 1.88. The monoisotopic (exact) mass is 403 g/mol. The third-order valence-corrected chi connectivity index (χ3v) is 5.01. The first kappa shape index (κ1) is 19.9. The molecule has 2 heterocycles. The molecule has 0 aliphatic carbocycles. The van der Waals surface area contributed by atoms with Crippen LogP contribution in [0.3, 0.4) is 0 Å².